The van der Waals surface area contributed by atoms with E-state index in [-0.39, 0.29) is 11.6 Å². The fourth-order valence-electron chi connectivity index (χ4n) is 1.67. The van der Waals surface area contributed by atoms with E-state index >= 15 is 0 Å². The third kappa shape index (κ3) is 4.57. The molecule has 1 aromatic heterocycles. The van der Waals surface area contributed by atoms with Crippen molar-refractivity contribution in [1.82, 2.24) is 5.32 Å². The fraction of sp³-hybridized carbons (Fsp3) is 0.143. The van der Waals surface area contributed by atoms with Crippen molar-refractivity contribution in [3.8, 4) is 0 Å². The highest BCUT2D eigenvalue weighted by atomic mass is 79.9. The number of hydrogen-bond acceptors (Lipinski definition) is 3. The molecule has 3 N–H and O–H groups in total. The standard InChI is InChI=1S/C14H13BrN2O3S/c15-11-4-3-9(13(18)19)8-12(11)17-14(20)16-6-5-10-2-1-7-21-10/h1-4,7-8H,5-6H2,(H,18,19)(H2,16,17,20). The first-order valence-corrected chi connectivity index (χ1v) is 7.83. The van der Waals surface area contributed by atoms with Crippen LogP contribution in [0.2, 0.25) is 0 Å². The Labute approximate surface area is 134 Å². The molecule has 2 rings (SSSR count). The molecule has 0 aliphatic carbocycles. The lowest BCUT2D eigenvalue weighted by Gasteiger charge is -2.09. The predicted octanol–water partition coefficient (Wildman–Crippen LogP) is 3.57. The zero-order valence-corrected chi connectivity index (χ0v) is 13.3. The van der Waals surface area contributed by atoms with E-state index < -0.39 is 5.97 Å². The highest BCUT2D eigenvalue weighted by molar-refractivity contribution is 9.10. The Morgan fingerprint density at radius 3 is 2.76 bits per heavy atom. The van der Waals surface area contributed by atoms with E-state index in [9.17, 15) is 9.59 Å². The van der Waals surface area contributed by atoms with Crippen LogP contribution in [-0.2, 0) is 6.42 Å². The maximum atomic E-state index is 11.8. The minimum atomic E-state index is -1.04. The van der Waals surface area contributed by atoms with Crippen LogP contribution in [0.3, 0.4) is 0 Å². The zero-order chi connectivity index (χ0) is 15.2. The Kier molecular flexibility index (Phi) is 5.35. The van der Waals surface area contributed by atoms with Crippen LogP contribution in [0.4, 0.5) is 10.5 Å². The van der Waals surface area contributed by atoms with Gasteiger partial charge in [0.1, 0.15) is 0 Å². The van der Waals surface area contributed by atoms with Gasteiger partial charge in [0.05, 0.1) is 11.3 Å². The summed E-state index contributed by atoms with van der Waals surface area (Å²) in [5, 5.41) is 16.3. The number of carbonyl (C=O) groups is 2. The van der Waals surface area contributed by atoms with Gasteiger partial charge in [0, 0.05) is 15.9 Å². The summed E-state index contributed by atoms with van der Waals surface area (Å²) in [7, 11) is 0. The summed E-state index contributed by atoms with van der Waals surface area (Å²) >= 11 is 4.92. The summed E-state index contributed by atoms with van der Waals surface area (Å²) < 4.78 is 0.626. The van der Waals surface area contributed by atoms with Gasteiger partial charge in [-0.3, -0.25) is 0 Å². The van der Waals surface area contributed by atoms with Gasteiger partial charge in [-0.25, -0.2) is 9.59 Å². The fourth-order valence-corrected chi connectivity index (χ4v) is 2.73. The third-order valence-corrected chi connectivity index (χ3v) is 4.33. The number of benzene rings is 1. The van der Waals surface area contributed by atoms with Gasteiger partial charge in [-0.1, -0.05) is 6.07 Å². The van der Waals surface area contributed by atoms with Crippen molar-refractivity contribution < 1.29 is 14.7 Å². The highest BCUT2D eigenvalue weighted by Crippen LogP contribution is 2.23. The molecule has 0 aliphatic heterocycles. The van der Waals surface area contributed by atoms with Crippen LogP contribution < -0.4 is 10.6 Å². The summed E-state index contributed by atoms with van der Waals surface area (Å²) in [4.78, 5) is 23.9. The summed E-state index contributed by atoms with van der Waals surface area (Å²) in [6.45, 7) is 0.516. The summed E-state index contributed by atoms with van der Waals surface area (Å²) in [6, 6.07) is 8.07. The van der Waals surface area contributed by atoms with E-state index in [1.807, 2.05) is 17.5 Å². The van der Waals surface area contributed by atoms with E-state index in [0.29, 0.717) is 16.7 Å². The molecule has 0 radical (unpaired) electrons. The van der Waals surface area contributed by atoms with Gasteiger partial charge in [0.25, 0.3) is 0 Å². The van der Waals surface area contributed by atoms with Crippen molar-refractivity contribution in [2.24, 2.45) is 0 Å². The van der Waals surface area contributed by atoms with Gasteiger partial charge < -0.3 is 15.7 Å². The second kappa shape index (κ2) is 7.24. The van der Waals surface area contributed by atoms with Gasteiger partial charge >= 0.3 is 12.0 Å². The quantitative estimate of drug-likeness (QED) is 0.754. The number of anilines is 1. The molecule has 0 aliphatic rings. The van der Waals surface area contributed by atoms with Gasteiger partial charge in [0.2, 0.25) is 0 Å². The number of hydrogen-bond donors (Lipinski definition) is 3. The van der Waals surface area contributed by atoms with Gasteiger partial charge in [-0.2, -0.15) is 0 Å². The molecular weight excluding hydrogens is 356 g/mol. The molecular formula is C14H13BrN2O3S. The number of amides is 2. The molecule has 0 unspecified atom stereocenters. The van der Waals surface area contributed by atoms with Crippen molar-refractivity contribution in [2.75, 3.05) is 11.9 Å². The van der Waals surface area contributed by atoms with Crippen molar-refractivity contribution in [3.63, 3.8) is 0 Å². The second-order valence-corrected chi connectivity index (χ2v) is 6.10. The first-order chi connectivity index (χ1) is 10.1. The Balaban J connectivity index is 1.90. The summed E-state index contributed by atoms with van der Waals surface area (Å²) in [5.74, 6) is -1.04. The minimum absolute atomic E-state index is 0.118. The van der Waals surface area contributed by atoms with Crippen LogP contribution in [0.5, 0.6) is 0 Å². The van der Waals surface area contributed by atoms with Gasteiger partial charge in [-0.05, 0) is 52.0 Å². The lowest BCUT2D eigenvalue weighted by Crippen LogP contribution is -2.30. The molecule has 0 fully saturated rings. The van der Waals surface area contributed by atoms with Crippen molar-refractivity contribution in [2.45, 2.75) is 6.42 Å². The van der Waals surface area contributed by atoms with Gasteiger partial charge in [-0.15, -0.1) is 11.3 Å². The number of urea groups is 1. The van der Waals surface area contributed by atoms with E-state index in [2.05, 4.69) is 26.6 Å². The van der Waals surface area contributed by atoms with Crippen LogP contribution in [0.15, 0.2) is 40.2 Å². The minimum Gasteiger partial charge on any atom is -0.478 e. The zero-order valence-electron chi connectivity index (χ0n) is 10.9. The highest BCUT2D eigenvalue weighted by Gasteiger charge is 2.09. The topological polar surface area (TPSA) is 78.4 Å². The van der Waals surface area contributed by atoms with Crippen molar-refractivity contribution in [3.05, 3.63) is 50.6 Å². The third-order valence-electron chi connectivity index (χ3n) is 2.70. The predicted molar refractivity (Wildman–Crippen MR) is 86.1 cm³/mol. The van der Waals surface area contributed by atoms with E-state index in [1.165, 1.54) is 17.0 Å². The molecule has 0 atom stereocenters. The number of thiophene rings is 1. The lowest BCUT2D eigenvalue weighted by atomic mass is 10.2. The average Bonchev–Trinajstić information content (AvgIpc) is 2.94. The van der Waals surface area contributed by atoms with Crippen molar-refractivity contribution in [1.29, 1.82) is 0 Å². The Hall–Kier alpha value is -1.86. The van der Waals surface area contributed by atoms with Crippen molar-refractivity contribution >= 4 is 45.0 Å². The Morgan fingerprint density at radius 1 is 1.29 bits per heavy atom. The lowest BCUT2D eigenvalue weighted by molar-refractivity contribution is 0.0697. The van der Waals surface area contributed by atoms with Gasteiger partial charge in [0.15, 0.2) is 0 Å². The molecule has 1 aromatic carbocycles. The summed E-state index contributed by atoms with van der Waals surface area (Å²) in [5.41, 5.74) is 0.538. The first-order valence-electron chi connectivity index (χ1n) is 6.16. The normalized spacial score (nSPS) is 10.1. The SMILES string of the molecule is O=C(NCCc1cccs1)Nc1cc(C(=O)O)ccc1Br. The number of aromatic carboxylic acids is 1. The second-order valence-electron chi connectivity index (χ2n) is 4.21. The first kappa shape index (κ1) is 15.5. The van der Waals surface area contributed by atoms with Crippen LogP contribution in [-0.4, -0.2) is 23.7 Å². The molecule has 1 heterocycles. The molecule has 5 nitrogen and oxygen atoms in total. The van der Waals surface area contributed by atoms with Crippen LogP contribution >= 0.6 is 27.3 Å². The maximum Gasteiger partial charge on any atom is 0.335 e. The number of rotatable bonds is 5. The maximum absolute atomic E-state index is 11.8. The van der Waals surface area contributed by atoms with E-state index in [1.54, 1.807) is 17.4 Å². The molecule has 0 saturated heterocycles. The number of carboxylic acids is 1. The van der Waals surface area contributed by atoms with E-state index in [0.717, 1.165) is 6.42 Å². The summed E-state index contributed by atoms with van der Waals surface area (Å²) in [6.07, 6.45) is 0.765. The molecule has 0 spiro atoms. The number of carbonyl (C=O) groups excluding carboxylic acids is 1. The molecule has 2 aromatic rings. The molecule has 110 valence electrons. The average molecular weight is 369 g/mol. The van der Waals surface area contributed by atoms with Crippen LogP contribution in [0.25, 0.3) is 0 Å². The smallest absolute Gasteiger partial charge is 0.335 e. The molecule has 2 amide bonds. The largest absolute Gasteiger partial charge is 0.478 e. The monoisotopic (exact) mass is 368 g/mol. The molecule has 0 saturated carbocycles. The molecule has 21 heavy (non-hydrogen) atoms. The number of halogens is 1. The Morgan fingerprint density at radius 2 is 2.10 bits per heavy atom. The van der Waals surface area contributed by atoms with E-state index in [4.69, 9.17) is 5.11 Å². The van der Waals surface area contributed by atoms with Crippen LogP contribution in [0.1, 0.15) is 15.2 Å². The molecule has 7 heteroatoms. The Bertz CT molecular complexity index is 644. The number of carboxylic acid groups (broad SMARTS) is 1. The number of nitrogens with one attached hydrogen (secondary N) is 2. The molecule has 0 bridgehead atoms. The van der Waals surface area contributed by atoms with Crippen LogP contribution in [0, 0.1) is 0 Å².